The predicted molar refractivity (Wildman–Crippen MR) is 94.4 cm³/mol. The van der Waals surface area contributed by atoms with Crippen molar-refractivity contribution in [3.8, 4) is 0 Å². The second-order valence-electron chi connectivity index (χ2n) is 7.87. The second kappa shape index (κ2) is 6.63. The van der Waals surface area contributed by atoms with Gasteiger partial charge in [-0.2, -0.15) is 5.10 Å². The van der Waals surface area contributed by atoms with Crippen LogP contribution in [-0.4, -0.2) is 42.9 Å². The number of aliphatic hydroxyl groups excluding tert-OH is 1. The van der Waals surface area contributed by atoms with Gasteiger partial charge in [0, 0.05) is 23.5 Å². The fourth-order valence-electron chi connectivity index (χ4n) is 3.42. The highest BCUT2D eigenvalue weighted by Crippen LogP contribution is 2.30. The van der Waals surface area contributed by atoms with Crippen LogP contribution in [0.2, 0.25) is 0 Å². The van der Waals surface area contributed by atoms with E-state index in [9.17, 15) is 9.90 Å². The Balaban J connectivity index is 1.70. The molecule has 1 fully saturated rings. The number of hydrogen-bond donors (Lipinski definition) is 3. The van der Waals surface area contributed by atoms with Crippen molar-refractivity contribution in [3.63, 3.8) is 0 Å². The summed E-state index contributed by atoms with van der Waals surface area (Å²) in [7, 11) is 0. The minimum absolute atomic E-state index is 0.0640. The van der Waals surface area contributed by atoms with E-state index in [1.807, 2.05) is 17.7 Å². The van der Waals surface area contributed by atoms with Crippen LogP contribution in [0.4, 0.5) is 0 Å². The first-order valence-corrected chi connectivity index (χ1v) is 8.81. The summed E-state index contributed by atoms with van der Waals surface area (Å²) in [6, 6.07) is 1.43. The largest absolute Gasteiger partial charge is 0.389 e. The third-order valence-corrected chi connectivity index (χ3v) is 4.98. The molecule has 1 saturated carbocycles. The highest BCUT2D eigenvalue weighted by Gasteiger charge is 2.34. The Labute approximate surface area is 147 Å². The second-order valence-corrected chi connectivity index (χ2v) is 7.87. The smallest absolute Gasteiger partial charge is 0.272 e. The first-order valence-electron chi connectivity index (χ1n) is 8.81. The predicted octanol–water partition coefficient (Wildman–Crippen LogP) is 2.10. The van der Waals surface area contributed by atoms with Crippen molar-refractivity contribution in [1.29, 1.82) is 0 Å². The van der Waals surface area contributed by atoms with Crippen molar-refractivity contribution in [2.75, 3.05) is 0 Å². The van der Waals surface area contributed by atoms with Gasteiger partial charge in [0.05, 0.1) is 18.2 Å². The van der Waals surface area contributed by atoms with Gasteiger partial charge in [-0.1, -0.05) is 20.8 Å². The lowest BCUT2D eigenvalue weighted by atomic mass is 9.87. The molecule has 2 aromatic heterocycles. The standard InChI is InChI=1S/C18H27N5O2/c1-11-19-8-9-23(11)14-7-5-6-12(16(14)24)20-17(25)13-10-15(22-21-13)18(2,3)4/h8-10,12,14,16,24H,5-7H2,1-4H3,(H,20,25)(H,21,22)/t12-,14-,16-/m1/s1. The van der Waals surface area contributed by atoms with Crippen LogP contribution in [0.1, 0.15) is 68.1 Å². The zero-order chi connectivity index (χ0) is 18.2. The molecule has 0 spiro atoms. The van der Waals surface area contributed by atoms with E-state index in [-0.39, 0.29) is 23.4 Å². The Bertz CT molecular complexity index is 743. The van der Waals surface area contributed by atoms with E-state index in [2.05, 4.69) is 41.3 Å². The molecule has 1 aliphatic carbocycles. The number of hydrogen-bond acceptors (Lipinski definition) is 4. The first-order chi connectivity index (χ1) is 11.8. The summed E-state index contributed by atoms with van der Waals surface area (Å²) in [5.41, 5.74) is 1.17. The Morgan fingerprint density at radius 1 is 1.40 bits per heavy atom. The van der Waals surface area contributed by atoms with E-state index in [0.717, 1.165) is 30.8 Å². The maximum atomic E-state index is 12.5. The van der Waals surface area contributed by atoms with E-state index in [1.54, 1.807) is 12.3 Å². The summed E-state index contributed by atoms with van der Waals surface area (Å²) in [5, 5.41) is 20.8. The Kier molecular flexibility index (Phi) is 4.69. The molecule has 7 heteroatoms. The fourth-order valence-corrected chi connectivity index (χ4v) is 3.42. The van der Waals surface area contributed by atoms with Crippen molar-refractivity contribution < 1.29 is 9.90 Å². The molecule has 3 atom stereocenters. The topological polar surface area (TPSA) is 95.8 Å². The summed E-state index contributed by atoms with van der Waals surface area (Å²) in [6.07, 6.45) is 5.55. The lowest BCUT2D eigenvalue weighted by Gasteiger charge is -2.36. The number of carbonyl (C=O) groups is 1. The number of nitrogens with one attached hydrogen (secondary N) is 2. The number of nitrogens with zero attached hydrogens (tertiary/aromatic N) is 3. The Morgan fingerprint density at radius 2 is 2.16 bits per heavy atom. The van der Waals surface area contributed by atoms with E-state index in [1.165, 1.54) is 0 Å². The van der Waals surface area contributed by atoms with Gasteiger partial charge in [0.25, 0.3) is 5.91 Å². The molecule has 2 aromatic rings. The Hall–Kier alpha value is -2.15. The number of rotatable bonds is 3. The average molecular weight is 345 g/mol. The minimum Gasteiger partial charge on any atom is -0.389 e. The number of H-pyrrole nitrogens is 1. The summed E-state index contributed by atoms with van der Waals surface area (Å²) in [6.45, 7) is 8.11. The number of amides is 1. The molecule has 1 amide bonds. The number of carbonyl (C=O) groups excluding carboxylic acids is 1. The normalized spacial score (nSPS) is 24.3. The molecule has 0 bridgehead atoms. The maximum absolute atomic E-state index is 12.5. The lowest BCUT2D eigenvalue weighted by molar-refractivity contribution is 0.0391. The van der Waals surface area contributed by atoms with E-state index in [4.69, 9.17) is 0 Å². The molecule has 2 heterocycles. The summed E-state index contributed by atoms with van der Waals surface area (Å²) in [4.78, 5) is 16.8. The third kappa shape index (κ3) is 3.61. The molecular formula is C18H27N5O2. The van der Waals surface area contributed by atoms with Crippen LogP contribution in [-0.2, 0) is 5.41 Å². The fraction of sp³-hybridized carbons (Fsp3) is 0.611. The summed E-state index contributed by atoms with van der Waals surface area (Å²) >= 11 is 0. The number of aliphatic hydroxyl groups is 1. The monoisotopic (exact) mass is 345 g/mol. The number of aromatic nitrogens is 4. The molecule has 1 aliphatic rings. The van der Waals surface area contributed by atoms with Gasteiger partial charge in [-0.25, -0.2) is 4.98 Å². The van der Waals surface area contributed by atoms with Gasteiger partial charge in [-0.05, 0) is 32.3 Å². The van der Waals surface area contributed by atoms with Crippen LogP contribution in [0.3, 0.4) is 0 Å². The zero-order valence-corrected chi connectivity index (χ0v) is 15.3. The van der Waals surface area contributed by atoms with E-state index >= 15 is 0 Å². The lowest BCUT2D eigenvalue weighted by Crippen LogP contribution is -2.49. The van der Waals surface area contributed by atoms with Gasteiger partial charge < -0.3 is 15.0 Å². The van der Waals surface area contributed by atoms with Gasteiger partial charge >= 0.3 is 0 Å². The minimum atomic E-state index is -0.647. The molecule has 7 nitrogen and oxygen atoms in total. The SMILES string of the molecule is Cc1nccn1[C@@H]1CCC[C@@H](NC(=O)c2cc(C(C)(C)C)[nH]n2)[C@H]1O. The van der Waals surface area contributed by atoms with Crippen molar-refractivity contribution in [3.05, 3.63) is 35.7 Å². The van der Waals surface area contributed by atoms with E-state index in [0.29, 0.717) is 5.69 Å². The van der Waals surface area contributed by atoms with Gasteiger partial charge in [0.2, 0.25) is 0 Å². The van der Waals surface area contributed by atoms with Gasteiger partial charge in [0.15, 0.2) is 0 Å². The molecular weight excluding hydrogens is 318 g/mol. The van der Waals surface area contributed by atoms with Gasteiger partial charge in [-0.3, -0.25) is 9.89 Å². The third-order valence-electron chi connectivity index (χ3n) is 4.98. The van der Waals surface area contributed by atoms with Crippen LogP contribution in [0.15, 0.2) is 18.5 Å². The Morgan fingerprint density at radius 3 is 2.76 bits per heavy atom. The molecule has 0 unspecified atom stereocenters. The van der Waals surface area contributed by atoms with Crippen molar-refractivity contribution in [2.24, 2.45) is 0 Å². The average Bonchev–Trinajstić information content (AvgIpc) is 3.18. The van der Waals surface area contributed by atoms with Crippen molar-refractivity contribution >= 4 is 5.91 Å². The molecule has 136 valence electrons. The van der Waals surface area contributed by atoms with Crippen molar-refractivity contribution in [1.82, 2.24) is 25.1 Å². The highest BCUT2D eigenvalue weighted by molar-refractivity contribution is 5.92. The molecule has 25 heavy (non-hydrogen) atoms. The molecule has 0 radical (unpaired) electrons. The molecule has 3 N–H and O–H groups in total. The van der Waals surface area contributed by atoms with Crippen LogP contribution >= 0.6 is 0 Å². The first kappa shape index (κ1) is 17.7. The van der Waals surface area contributed by atoms with Crippen molar-refractivity contribution in [2.45, 2.75) is 70.6 Å². The van der Waals surface area contributed by atoms with Crippen LogP contribution in [0.5, 0.6) is 0 Å². The summed E-state index contributed by atoms with van der Waals surface area (Å²) in [5.74, 6) is 0.622. The molecule has 0 saturated heterocycles. The quantitative estimate of drug-likeness (QED) is 0.794. The zero-order valence-electron chi connectivity index (χ0n) is 15.3. The van der Waals surface area contributed by atoms with Gasteiger partial charge in [-0.15, -0.1) is 0 Å². The molecule has 3 rings (SSSR count). The van der Waals surface area contributed by atoms with Crippen LogP contribution in [0, 0.1) is 6.92 Å². The molecule has 0 aliphatic heterocycles. The van der Waals surface area contributed by atoms with Crippen LogP contribution in [0.25, 0.3) is 0 Å². The molecule has 0 aromatic carbocycles. The van der Waals surface area contributed by atoms with Gasteiger partial charge in [0.1, 0.15) is 11.5 Å². The highest BCUT2D eigenvalue weighted by atomic mass is 16.3. The maximum Gasteiger partial charge on any atom is 0.272 e. The van der Waals surface area contributed by atoms with E-state index < -0.39 is 6.10 Å². The number of imidazole rings is 1. The number of aromatic amines is 1. The van der Waals surface area contributed by atoms with Crippen LogP contribution < -0.4 is 5.32 Å². The summed E-state index contributed by atoms with van der Waals surface area (Å²) < 4.78 is 2.00. The number of aryl methyl sites for hydroxylation is 1.